The maximum absolute atomic E-state index is 11.7. The first-order valence-electron chi connectivity index (χ1n) is 6.56. The Kier molecular flexibility index (Phi) is 5.69. The number of carbonyl (C=O) groups excluding carboxylic acids is 1. The van der Waals surface area contributed by atoms with E-state index < -0.39 is 0 Å². The van der Waals surface area contributed by atoms with Gasteiger partial charge in [-0.15, -0.1) is 0 Å². The third-order valence-corrected chi connectivity index (χ3v) is 3.04. The second-order valence-electron chi connectivity index (χ2n) is 4.64. The Bertz CT molecular complexity index is 397. The van der Waals surface area contributed by atoms with Gasteiger partial charge in [0, 0.05) is 6.04 Å². The molecule has 0 unspecified atom stereocenters. The van der Waals surface area contributed by atoms with Crippen LogP contribution in [0.5, 0.6) is 5.75 Å². The fourth-order valence-electron chi connectivity index (χ4n) is 1.87. The summed E-state index contributed by atoms with van der Waals surface area (Å²) in [6.07, 6.45) is 1.90. The Balaban J connectivity index is 2.47. The Labute approximate surface area is 110 Å². The lowest BCUT2D eigenvalue weighted by Crippen LogP contribution is -2.37. The fourth-order valence-corrected chi connectivity index (χ4v) is 1.87. The average Bonchev–Trinajstić information content (AvgIpc) is 2.35. The molecule has 0 fully saturated rings. The lowest BCUT2D eigenvalue weighted by atomic mass is 10.1. The first kappa shape index (κ1) is 14.6. The molecule has 1 aromatic carbocycles. The monoisotopic (exact) mass is 249 g/mol. The molecule has 3 nitrogen and oxygen atoms in total. The van der Waals surface area contributed by atoms with Crippen LogP contribution in [-0.4, -0.2) is 18.6 Å². The first-order valence-corrected chi connectivity index (χ1v) is 6.56. The highest BCUT2D eigenvalue weighted by Gasteiger charge is 2.09. The van der Waals surface area contributed by atoms with E-state index in [-0.39, 0.29) is 18.6 Å². The van der Waals surface area contributed by atoms with Crippen molar-refractivity contribution in [3.8, 4) is 5.75 Å². The van der Waals surface area contributed by atoms with Crippen molar-refractivity contribution >= 4 is 5.91 Å². The molecule has 0 aliphatic heterocycles. The van der Waals surface area contributed by atoms with E-state index in [4.69, 9.17) is 4.74 Å². The van der Waals surface area contributed by atoms with Gasteiger partial charge in [-0.2, -0.15) is 0 Å². The molecule has 0 atom stereocenters. The molecule has 0 aromatic heterocycles. The lowest BCUT2D eigenvalue weighted by molar-refractivity contribution is -0.123. The fraction of sp³-hybridized carbons (Fsp3) is 0.533. The van der Waals surface area contributed by atoms with Crippen LogP contribution in [0, 0.1) is 13.8 Å². The van der Waals surface area contributed by atoms with Crippen molar-refractivity contribution in [3.63, 3.8) is 0 Å². The molecule has 0 saturated carbocycles. The van der Waals surface area contributed by atoms with Gasteiger partial charge >= 0.3 is 0 Å². The predicted molar refractivity (Wildman–Crippen MR) is 73.9 cm³/mol. The van der Waals surface area contributed by atoms with E-state index in [2.05, 4.69) is 19.2 Å². The van der Waals surface area contributed by atoms with Crippen molar-refractivity contribution in [2.24, 2.45) is 0 Å². The van der Waals surface area contributed by atoms with Gasteiger partial charge in [0.25, 0.3) is 5.91 Å². The van der Waals surface area contributed by atoms with Crippen LogP contribution in [0.2, 0.25) is 0 Å². The van der Waals surface area contributed by atoms with Crippen LogP contribution in [0.4, 0.5) is 0 Å². The van der Waals surface area contributed by atoms with Gasteiger partial charge in [0.2, 0.25) is 0 Å². The highest BCUT2D eigenvalue weighted by molar-refractivity contribution is 5.77. The van der Waals surface area contributed by atoms with Crippen LogP contribution in [0.25, 0.3) is 0 Å². The summed E-state index contributed by atoms with van der Waals surface area (Å²) in [4.78, 5) is 11.7. The van der Waals surface area contributed by atoms with Crippen molar-refractivity contribution in [1.29, 1.82) is 0 Å². The number of aryl methyl sites for hydroxylation is 2. The number of rotatable bonds is 6. The van der Waals surface area contributed by atoms with Crippen molar-refractivity contribution in [3.05, 3.63) is 29.3 Å². The van der Waals surface area contributed by atoms with Gasteiger partial charge in [0.15, 0.2) is 6.61 Å². The lowest BCUT2D eigenvalue weighted by Gasteiger charge is -2.15. The minimum Gasteiger partial charge on any atom is -0.484 e. The zero-order valence-corrected chi connectivity index (χ0v) is 11.7. The van der Waals surface area contributed by atoms with Gasteiger partial charge in [0.1, 0.15) is 5.75 Å². The predicted octanol–water partition coefficient (Wildman–Crippen LogP) is 2.99. The Morgan fingerprint density at radius 1 is 1.28 bits per heavy atom. The van der Waals surface area contributed by atoms with Gasteiger partial charge in [-0.05, 0) is 38.3 Å². The largest absolute Gasteiger partial charge is 0.484 e. The topological polar surface area (TPSA) is 38.3 Å². The first-order chi connectivity index (χ1) is 8.56. The summed E-state index contributed by atoms with van der Waals surface area (Å²) in [6.45, 7) is 8.25. The molecule has 1 rings (SSSR count). The van der Waals surface area contributed by atoms with Gasteiger partial charge in [-0.25, -0.2) is 0 Å². The molecule has 0 bridgehead atoms. The highest BCUT2D eigenvalue weighted by Crippen LogP contribution is 2.18. The van der Waals surface area contributed by atoms with Crippen LogP contribution < -0.4 is 10.1 Å². The quantitative estimate of drug-likeness (QED) is 0.841. The molecule has 0 radical (unpaired) electrons. The zero-order chi connectivity index (χ0) is 13.5. The Morgan fingerprint density at radius 2 is 1.94 bits per heavy atom. The van der Waals surface area contributed by atoms with Crippen LogP contribution in [0.1, 0.15) is 37.8 Å². The average molecular weight is 249 g/mol. The van der Waals surface area contributed by atoms with Gasteiger partial charge in [0.05, 0.1) is 0 Å². The van der Waals surface area contributed by atoms with E-state index >= 15 is 0 Å². The number of benzene rings is 1. The summed E-state index contributed by atoms with van der Waals surface area (Å²) in [7, 11) is 0. The molecule has 18 heavy (non-hydrogen) atoms. The molecule has 0 saturated heterocycles. The minimum absolute atomic E-state index is 0.0522. The molecule has 0 heterocycles. The zero-order valence-electron chi connectivity index (χ0n) is 11.7. The van der Waals surface area contributed by atoms with Crippen molar-refractivity contribution in [2.75, 3.05) is 6.61 Å². The molecular weight excluding hydrogens is 226 g/mol. The van der Waals surface area contributed by atoms with Crippen molar-refractivity contribution < 1.29 is 9.53 Å². The van der Waals surface area contributed by atoms with E-state index in [0.29, 0.717) is 0 Å². The third-order valence-electron chi connectivity index (χ3n) is 3.04. The summed E-state index contributed by atoms with van der Waals surface area (Å²) < 4.78 is 5.53. The van der Waals surface area contributed by atoms with Gasteiger partial charge in [-0.1, -0.05) is 31.5 Å². The molecule has 100 valence electrons. The van der Waals surface area contributed by atoms with Gasteiger partial charge in [-0.3, -0.25) is 4.79 Å². The maximum Gasteiger partial charge on any atom is 0.258 e. The number of carbonyl (C=O) groups is 1. The van der Waals surface area contributed by atoms with E-state index in [1.807, 2.05) is 32.0 Å². The van der Waals surface area contributed by atoms with Crippen LogP contribution in [0.3, 0.4) is 0 Å². The Hall–Kier alpha value is -1.51. The van der Waals surface area contributed by atoms with Crippen LogP contribution in [-0.2, 0) is 4.79 Å². The normalized spacial score (nSPS) is 10.5. The van der Waals surface area contributed by atoms with Crippen molar-refractivity contribution in [2.45, 2.75) is 46.6 Å². The second kappa shape index (κ2) is 7.04. The standard InChI is InChI=1S/C15H23NO2/c1-5-13(6-2)16-15(17)10-18-14-8-7-11(3)9-12(14)4/h7-9,13H,5-6,10H2,1-4H3,(H,16,17). The van der Waals surface area contributed by atoms with E-state index in [1.54, 1.807) is 0 Å². The molecule has 0 aliphatic carbocycles. The number of amides is 1. The highest BCUT2D eigenvalue weighted by atomic mass is 16.5. The van der Waals surface area contributed by atoms with E-state index in [0.717, 1.165) is 24.2 Å². The number of ether oxygens (including phenoxy) is 1. The number of hydrogen-bond donors (Lipinski definition) is 1. The molecular formula is C15H23NO2. The molecule has 1 N–H and O–H groups in total. The molecule has 3 heteroatoms. The number of hydrogen-bond acceptors (Lipinski definition) is 2. The SMILES string of the molecule is CCC(CC)NC(=O)COc1ccc(C)cc1C. The summed E-state index contributed by atoms with van der Waals surface area (Å²) >= 11 is 0. The number of nitrogens with one attached hydrogen (secondary N) is 1. The summed E-state index contributed by atoms with van der Waals surface area (Å²) in [5.41, 5.74) is 2.26. The van der Waals surface area contributed by atoms with Crippen molar-refractivity contribution in [1.82, 2.24) is 5.32 Å². The molecule has 1 aromatic rings. The summed E-state index contributed by atoms with van der Waals surface area (Å²) in [6, 6.07) is 6.20. The van der Waals surface area contributed by atoms with Crippen LogP contribution >= 0.6 is 0 Å². The molecule has 0 spiro atoms. The van der Waals surface area contributed by atoms with Gasteiger partial charge < -0.3 is 10.1 Å². The molecule has 1 amide bonds. The minimum atomic E-state index is -0.0522. The maximum atomic E-state index is 11.7. The smallest absolute Gasteiger partial charge is 0.258 e. The third kappa shape index (κ3) is 4.40. The second-order valence-corrected chi connectivity index (χ2v) is 4.64. The van der Waals surface area contributed by atoms with E-state index in [9.17, 15) is 4.79 Å². The van der Waals surface area contributed by atoms with E-state index in [1.165, 1.54) is 5.56 Å². The molecule has 0 aliphatic rings. The summed E-state index contributed by atoms with van der Waals surface area (Å²) in [5, 5.41) is 2.95. The van der Waals surface area contributed by atoms with Crippen LogP contribution in [0.15, 0.2) is 18.2 Å². The summed E-state index contributed by atoms with van der Waals surface area (Å²) in [5.74, 6) is 0.726. The Morgan fingerprint density at radius 3 is 2.50 bits per heavy atom.